The van der Waals surface area contributed by atoms with Gasteiger partial charge in [-0.15, -0.1) is 0 Å². The van der Waals surface area contributed by atoms with Gasteiger partial charge in [0.2, 0.25) is 5.91 Å². The van der Waals surface area contributed by atoms with E-state index in [1.165, 1.54) is 17.0 Å². The standard InChI is InChI=1S/C20H18ClFN2O5/c1-28-15-5-3-14(4-6-15)24-10-12(8-19(24)26)20(27)29-11-18(25)23-13-2-7-17(22)16(21)9-13/h2-7,9,12H,8,10-11H2,1H3,(H,23,25)/t12-/m0/s1. The summed E-state index contributed by atoms with van der Waals surface area (Å²) < 4.78 is 23.2. The van der Waals surface area contributed by atoms with Gasteiger partial charge in [-0.2, -0.15) is 0 Å². The van der Waals surface area contributed by atoms with Crippen molar-refractivity contribution in [1.82, 2.24) is 0 Å². The molecule has 2 aromatic carbocycles. The molecule has 1 N–H and O–H groups in total. The van der Waals surface area contributed by atoms with Crippen LogP contribution in [0.2, 0.25) is 5.02 Å². The lowest BCUT2D eigenvalue weighted by atomic mass is 10.1. The third-order valence-corrected chi connectivity index (χ3v) is 4.68. The number of nitrogens with one attached hydrogen (secondary N) is 1. The maximum atomic E-state index is 13.1. The highest BCUT2D eigenvalue weighted by Gasteiger charge is 2.36. The van der Waals surface area contributed by atoms with Crippen LogP contribution in [0.25, 0.3) is 0 Å². The van der Waals surface area contributed by atoms with Crippen LogP contribution in [-0.4, -0.2) is 38.0 Å². The molecular formula is C20H18ClFN2O5. The fraction of sp³-hybridized carbons (Fsp3) is 0.250. The minimum absolute atomic E-state index is 0.0000512. The summed E-state index contributed by atoms with van der Waals surface area (Å²) in [6.07, 6.45) is 0.0000512. The number of benzene rings is 2. The van der Waals surface area contributed by atoms with Crippen molar-refractivity contribution in [2.45, 2.75) is 6.42 Å². The van der Waals surface area contributed by atoms with E-state index in [4.69, 9.17) is 21.1 Å². The van der Waals surface area contributed by atoms with Crippen molar-refractivity contribution in [3.63, 3.8) is 0 Å². The highest BCUT2D eigenvalue weighted by molar-refractivity contribution is 6.31. The van der Waals surface area contributed by atoms with E-state index < -0.39 is 30.2 Å². The monoisotopic (exact) mass is 420 g/mol. The van der Waals surface area contributed by atoms with E-state index >= 15 is 0 Å². The molecule has 1 heterocycles. The number of hydrogen-bond acceptors (Lipinski definition) is 5. The van der Waals surface area contributed by atoms with E-state index in [9.17, 15) is 18.8 Å². The number of hydrogen-bond donors (Lipinski definition) is 1. The number of carbonyl (C=O) groups is 3. The molecule has 0 unspecified atom stereocenters. The minimum Gasteiger partial charge on any atom is -0.497 e. The molecule has 3 rings (SSSR count). The summed E-state index contributed by atoms with van der Waals surface area (Å²) in [7, 11) is 1.54. The van der Waals surface area contributed by atoms with Crippen LogP contribution in [0.4, 0.5) is 15.8 Å². The van der Waals surface area contributed by atoms with Gasteiger partial charge in [0, 0.05) is 24.3 Å². The maximum Gasteiger partial charge on any atom is 0.311 e. The SMILES string of the molecule is COc1ccc(N2C[C@@H](C(=O)OCC(=O)Nc3ccc(F)c(Cl)c3)CC2=O)cc1. The Kier molecular flexibility index (Phi) is 6.33. The fourth-order valence-corrected chi connectivity index (χ4v) is 3.08. The molecule has 7 nitrogen and oxygen atoms in total. The molecule has 0 aromatic heterocycles. The van der Waals surface area contributed by atoms with Gasteiger partial charge in [-0.1, -0.05) is 11.6 Å². The van der Waals surface area contributed by atoms with Crippen molar-refractivity contribution in [1.29, 1.82) is 0 Å². The Morgan fingerprint density at radius 3 is 2.62 bits per heavy atom. The van der Waals surface area contributed by atoms with Gasteiger partial charge in [-0.05, 0) is 42.5 Å². The molecule has 1 aliphatic rings. The molecule has 1 fully saturated rings. The van der Waals surface area contributed by atoms with Crippen molar-refractivity contribution < 1.29 is 28.2 Å². The molecule has 1 saturated heterocycles. The molecule has 0 bridgehead atoms. The van der Waals surface area contributed by atoms with Gasteiger partial charge >= 0.3 is 5.97 Å². The average Bonchev–Trinajstić information content (AvgIpc) is 3.11. The zero-order valence-corrected chi connectivity index (χ0v) is 16.2. The third kappa shape index (κ3) is 5.03. The van der Waals surface area contributed by atoms with Crippen molar-refractivity contribution in [2.75, 3.05) is 30.5 Å². The molecule has 0 saturated carbocycles. The number of rotatable bonds is 6. The normalized spacial score (nSPS) is 15.9. The van der Waals surface area contributed by atoms with Crippen molar-refractivity contribution in [2.24, 2.45) is 5.92 Å². The van der Waals surface area contributed by atoms with Crippen LogP contribution in [0.5, 0.6) is 5.75 Å². The zero-order valence-electron chi connectivity index (χ0n) is 15.5. The van der Waals surface area contributed by atoms with E-state index in [0.29, 0.717) is 11.4 Å². The van der Waals surface area contributed by atoms with Gasteiger partial charge in [0.15, 0.2) is 6.61 Å². The molecule has 1 aliphatic heterocycles. The number of halogens is 2. The second kappa shape index (κ2) is 8.91. The lowest BCUT2D eigenvalue weighted by molar-refractivity contribution is -0.151. The summed E-state index contributed by atoms with van der Waals surface area (Å²) in [5.74, 6) is -2.06. The lowest BCUT2D eigenvalue weighted by Crippen LogP contribution is -2.28. The Morgan fingerprint density at radius 1 is 1.24 bits per heavy atom. The number of ether oxygens (including phenoxy) is 2. The summed E-state index contributed by atoms with van der Waals surface area (Å²) >= 11 is 5.65. The number of anilines is 2. The molecule has 0 aliphatic carbocycles. The Hall–Kier alpha value is -3.13. The number of nitrogens with zero attached hydrogens (tertiary/aromatic N) is 1. The molecule has 9 heteroatoms. The fourth-order valence-electron chi connectivity index (χ4n) is 2.90. The first kappa shape index (κ1) is 20.6. The van der Waals surface area contributed by atoms with Crippen LogP contribution in [0, 0.1) is 11.7 Å². The summed E-state index contributed by atoms with van der Waals surface area (Å²) in [4.78, 5) is 37.9. The largest absolute Gasteiger partial charge is 0.497 e. The summed E-state index contributed by atoms with van der Waals surface area (Å²) in [6.45, 7) is -0.361. The van der Waals surface area contributed by atoms with Gasteiger partial charge in [0.25, 0.3) is 5.91 Å². The number of methoxy groups -OCH3 is 1. The first-order chi connectivity index (χ1) is 13.9. The Balaban J connectivity index is 1.52. The first-order valence-corrected chi connectivity index (χ1v) is 9.11. The van der Waals surface area contributed by atoms with Gasteiger partial charge in [0.1, 0.15) is 11.6 Å². The molecule has 1 atom stereocenters. The van der Waals surface area contributed by atoms with Crippen LogP contribution in [0.15, 0.2) is 42.5 Å². The van der Waals surface area contributed by atoms with Crippen LogP contribution in [-0.2, 0) is 19.1 Å². The molecule has 0 radical (unpaired) electrons. The van der Waals surface area contributed by atoms with Crippen LogP contribution < -0.4 is 15.0 Å². The second-order valence-corrected chi connectivity index (χ2v) is 6.80. The van der Waals surface area contributed by atoms with Gasteiger partial charge in [0.05, 0.1) is 18.1 Å². The maximum absolute atomic E-state index is 13.1. The van der Waals surface area contributed by atoms with Crippen molar-refractivity contribution in [3.05, 3.63) is 53.3 Å². The smallest absolute Gasteiger partial charge is 0.311 e. The van der Waals surface area contributed by atoms with E-state index in [0.717, 1.165) is 6.07 Å². The van der Waals surface area contributed by atoms with Gasteiger partial charge in [-0.3, -0.25) is 14.4 Å². The first-order valence-electron chi connectivity index (χ1n) is 8.73. The topological polar surface area (TPSA) is 84.9 Å². The van der Waals surface area contributed by atoms with Gasteiger partial charge in [-0.25, -0.2) is 4.39 Å². The predicted octanol–water partition coefficient (Wildman–Crippen LogP) is 3.02. The quantitative estimate of drug-likeness (QED) is 0.726. The van der Waals surface area contributed by atoms with E-state index in [2.05, 4.69) is 5.32 Å². The molecule has 29 heavy (non-hydrogen) atoms. The Morgan fingerprint density at radius 2 is 1.97 bits per heavy atom. The van der Waals surface area contributed by atoms with E-state index in [1.54, 1.807) is 31.4 Å². The third-order valence-electron chi connectivity index (χ3n) is 4.39. The summed E-state index contributed by atoms with van der Waals surface area (Å²) in [5, 5.41) is 2.32. The zero-order chi connectivity index (χ0) is 21.0. The van der Waals surface area contributed by atoms with Gasteiger partial charge < -0.3 is 19.7 Å². The lowest BCUT2D eigenvalue weighted by Gasteiger charge is -2.16. The highest BCUT2D eigenvalue weighted by Crippen LogP contribution is 2.27. The second-order valence-electron chi connectivity index (χ2n) is 6.39. The van der Waals surface area contributed by atoms with Crippen LogP contribution >= 0.6 is 11.6 Å². The number of amides is 2. The van der Waals surface area contributed by atoms with Crippen molar-refractivity contribution in [3.8, 4) is 5.75 Å². The van der Waals surface area contributed by atoms with Crippen LogP contribution in [0.1, 0.15) is 6.42 Å². The summed E-state index contributed by atoms with van der Waals surface area (Å²) in [6, 6.07) is 10.6. The minimum atomic E-state index is -0.669. The predicted molar refractivity (Wildman–Crippen MR) is 104 cm³/mol. The van der Waals surface area contributed by atoms with Crippen LogP contribution in [0.3, 0.4) is 0 Å². The molecular weight excluding hydrogens is 403 g/mol. The molecule has 2 aromatic rings. The number of carbonyl (C=O) groups excluding carboxylic acids is 3. The molecule has 0 spiro atoms. The van der Waals surface area contributed by atoms with E-state index in [-0.39, 0.29) is 29.6 Å². The Labute approximate surface area is 171 Å². The average molecular weight is 421 g/mol. The Bertz CT molecular complexity index is 935. The van der Waals surface area contributed by atoms with Crippen molar-refractivity contribution >= 4 is 40.8 Å². The van der Waals surface area contributed by atoms with E-state index in [1.807, 2.05) is 0 Å². The highest BCUT2D eigenvalue weighted by atomic mass is 35.5. The molecule has 152 valence electrons. The molecule has 2 amide bonds. The summed E-state index contributed by atoms with van der Waals surface area (Å²) in [5.41, 5.74) is 0.927. The number of esters is 1.